The van der Waals surface area contributed by atoms with Gasteiger partial charge >= 0.3 is 0 Å². The minimum absolute atomic E-state index is 0.573. The number of aromatic nitrogens is 7. The van der Waals surface area contributed by atoms with Crippen LogP contribution in [-0.4, -0.2) is 33.2 Å². The van der Waals surface area contributed by atoms with Crippen LogP contribution in [-0.2, 0) is 0 Å². The molecule has 7 nitrogen and oxygen atoms in total. The highest BCUT2D eigenvalue weighted by molar-refractivity contribution is 6.14. The summed E-state index contributed by atoms with van der Waals surface area (Å²) in [6, 6.07) is 112. The maximum absolute atomic E-state index is 5.41. The molecule has 0 atom stereocenters. The molecular formula is C81H51N7. The topological polar surface area (TPSA) is 58.4 Å². The van der Waals surface area contributed by atoms with Gasteiger partial charge in [-0.05, 0) is 108 Å². The average molecular weight is 1120 g/mol. The van der Waals surface area contributed by atoms with E-state index in [1.807, 2.05) is 36.4 Å². The number of hydrogen-bond acceptors (Lipinski definition) is 3. The summed E-state index contributed by atoms with van der Waals surface area (Å²) in [7, 11) is 0. The lowest BCUT2D eigenvalue weighted by Crippen LogP contribution is -2.04. The highest BCUT2D eigenvalue weighted by Crippen LogP contribution is 2.46. The number of hydrogen-bond donors (Lipinski definition) is 0. The lowest BCUT2D eigenvalue weighted by atomic mass is 9.92. The van der Waals surface area contributed by atoms with Crippen molar-refractivity contribution in [3.63, 3.8) is 0 Å². The van der Waals surface area contributed by atoms with Gasteiger partial charge in [-0.2, -0.15) is 0 Å². The van der Waals surface area contributed by atoms with Gasteiger partial charge in [0, 0.05) is 88.0 Å². The number of fused-ring (bicyclic) bond motifs is 12. The minimum atomic E-state index is 0.573. The van der Waals surface area contributed by atoms with Crippen LogP contribution in [0.5, 0.6) is 0 Å². The van der Waals surface area contributed by atoms with Gasteiger partial charge in [0.15, 0.2) is 17.5 Å². The van der Waals surface area contributed by atoms with Crippen LogP contribution in [0.2, 0.25) is 0 Å². The van der Waals surface area contributed by atoms with Gasteiger partial charge in [0.1, 0.15) is 0 Å². The molecule has 0 spiro atoms. The monoisotopic (exact) mass is 1120 g/mol. The van der Waals surface area contributed by atoms with Crippen LogP contribution in [0.15, 0.2) is 309 Å². The van der Waals surface area contributed by atoms with Gasteiger partial charge in [0.25, 0.3) is 0 Å². The summed E-state index contributed by atoms with van der Waals surface area (Å²) in [5.74, 6) is 1.77. The van der Waals surface area contributed by atoms with E-state index in [4.69, 9.17) is 15.0 Å². The molecular weight excluding hydrogens is 1070 g/mol. The largest absolute Gasteiger partial charge is 0.309 e. The Morgan fingerprint density at radius 2 is 0.455 bits per heavy atom. The number of para-hydroxylation sites is 7. The van der Waals surface area contributed by atoms with Gasteiger partial charge in [-0.1, -0.05) is 212 Å². The second-order valence-corrected chi connectivity index (χ2v) is 22.7. The van der Waals surface area contributed by atoms with E-state index in [9.17, 15) is 0 Å². The Morgan fingerprint density at radius 1 is 0.182 bits per heavy atom. The molecule has 0 radical (unpaired) electrons. The predicted molar refractivity (Wildman–Crippen MR) is 364 cm³/mol. The minimum Gasteiger partial charge on any atom is -0.309 e. The summed E-state index contributed by atoms with van der Waals surface area (Å²) < 4.78 is 9.70. The van der Waals surface area contributed by atoms with Gasteiger partial charge in [-0.25, -0.2) is 15.0 Å². The van der Waals surface area contributed by atoms with Crippen LogP contribution in [0.25, 0.3) is 166 Å². The Hall–Kier alpha value is -11.9. The normalized spacial score (nSPS) is 11.9. The van der Waals surface area contributed by atoms with E-state index in [2.05, 4.69) is 291 Å². The molecule has 0 bridgehead atoms. The lowest BCUT2D eigenvalue weighted by Gasteiger charge is -2.22. The summed E-state index contributed by atoms with van der Waals surface area (Å²) in [6.45, 7) is 0. The van der Waals surface area contributed by atoms with E-state index in [0.29, 0.717) is 17.5 Å². The fraction of sp³-hybridized carbons (Fsp3) is 0. The first kappa shape index (κ1) is 49.5. The number of benzene rings is 13. The van der Waals surface area contributed by atoms with Crippen molar-refractivity contribution in [2.45, 2.75) is 0 Å². The third kappa shape index (κ3) is 7.74. The Bertz CT molecular complexity index is 5390. The molecule has 410 valence electrons. The molecule has 0 unspecified atom stereocenters. The molecule has 0 aliphatic rings. The van der Waals surface area contributed by atoms with Crippen LogP contribution < -0.4 is 0 Å². The van der Waals surface area contributed by atoms with Crippen LogP contribution >= 0.6 is 0 Å². The molecule has 18 rings (SSSR count). The summed E-state index contributed by atoms with van der Waals surface area (Å²) in [4.78, 5) is 16.0. The second kappa shape index (κ2) is 19.8. The van der Waals surface area contributed by atoms with Crippen molar-refractivity contribution in [1.82, 2.24) is 33.2 Å². The quantitative estimate of drug-likeness (QED) is 0.145. The van der Waals surface area contributed by atoms with Crippen molar-refractivity contribution in [2.75, 3.05) is 0 Å². The third-order valence-corrected chi connectivity index (χ3v) is 17.8. The standard InChI is InChI=1S/C81H51N7/c1-3-21-54(22-4-1)79-82-80(55-23-5-2-6-24-55)84-81(83-79)56-49-67(52-39-43-57(44-40-52)85-70-32-14-7-25-60(70)61-26-8-15-33-71(61)85)78(68(50-56)53-41-45-58(46-42-53)86-72-34-16-9-27-62(72)63-28-10-17-35-73(63)86)88-76-38-20-13-31-66(76)69-51-59(47-48-77(69)88)87-74-36-18-11-29-64(74)65-30-12-19-37-75(65)87/h1-51H. The van der Waals surface area contributed by atoms with Crippen molar-refractivity contribution >= 4 is 87.2 Å². The Balaban J connectivity index is 0.932. The molecule has 88 heavy (non-hydrogen) atoms. The Kier molecular flexibility index (Phi) is 11.2. The van der Waals surface area contributed by atoms with E-state index >= 15 is 0 Å². The molecule has 0 N–H and O–H groups in total. The van der Waals surface area contributed by atoms with E-state index < -0.39 is 0 Å². The first-order valence-electron chi connectivity index (χ1n) is 29.9. The lowest BCUT2D eigenvalue weighted by molar-refractivity contribution is 1.07. The zero-order chi connectivity index (χ0) is 57.8. The van der Waals surface area contributed by atoms with Crippen LogP contribution in [0, 0.1) is 0 Å². The van der Waals surface area contributed by atoms with Crippen molar-refractivity contribution in [3.05, 3.63) is 309 Å². The Labute approximate surface area is 506 Å². The van der Waals surface area contributed by atoms with Gasteiger partial charge < -0.3 is 18.3 Å². The first-order valence-corrected chi connectivity index (χ1v) is 29.9. The molecule has 0 aliphatic carbocycles. The molecule has 7 heteroatoms. The summed E-state index contributed by atoms with van der Waals surface area (Å²) in [6.07, 6.45) is 0. The molecule has 0 saturated carbocycles. The smallest absolute Gasteiger partial charge is 0.164 e. The van der Waals surface area contributed by atoms with Crippen LogP contribution in [0.3, 0.4) is 0 Å². The molecule has 0 amide bonds. The molecule has 5 heterocycles. The zero-order valence-electron chi connectivity index (χ0n) is 47.6. The van der Waals surface area contributed by atoms with E-state index in [-0.39, 0.29) is 0 Å². The molecule has 0 aliphatic heterocycles. The van der Waals surface area contributed by atoms with Gasteiger partial charge in [0.05, 0.1) is 49.8 Å². The highest BCUT2D eigenvalue weighted by Gasteiger charge is 2.25. The summed E-state index contributed by atoms with van der Waals surface area (Å²) in [5.41, 5.74) is 20.2. The van der Waals surface area contributed by atoms with Gasteiger partial charge in [0.2, 0.25) is 0 Å². The zero-order valence-corrected chi connectivity index (χ0v) is 47.6. The van der Waals surface area contributed by atoms with E-state index in [1.165, 1.54) is 43.4 Å². The van der Waals surface area contributed by atoms with Crippen molar-refractivity contribution in [2.24, 2.45) is 0 Å². The van der Waals surface area contributed by atoms with Crippen molar-refractivity contribution < 1.29 is 0 Å². The second-order valence-electron chi connectivity index (χ2n) is 22.7. The first-order chi connectivity index (χ1) is 43.7. The third-order valence-electron chi connectivity index (χ3n) is 17.8. The molecule has 5 aromatic heterocycles. The van der Waals surface area contributed by atoms with Crippen LogP contribution in [0.4, 0.5) is 0 Å². The number of rotatable bonds is 9. The molecule has 0 fully saturated rings. The molecule has 0 saturated heterocycles. The maximum Gasteiger partial charge on any atom is 0.164 e. The SMILES string of the molecule is c1ccc(-c2nc(-c3ccccc3)nc(-c3cc(-c4ccc(-n5c6ccccc6c6ccccc65)cc4)c(-n4c5ccccc5c5cc(-n6c7ccccc7c7ccccc76)ccc54)c(-c4ccc(-n5c6ccccc6c6ccccc65)cc4)c3)n2)cc1. The van der Waals surface area contributed by atoms with E-state index in [0.717, 1.165) is 106 Å². The summed E-state index contributed by atoms with van der Waals surface area (Å²) >= 11 is 0. The van der Waals surface area contributed by atoms with Gasteiger partial charge in [-0.3, -0.25) is 0 Å². The number of nitrogens with zero attached hydrogens (tertiary/aromatic N) is 7. The Morgan fingerprint density at radius 3 is 0.818 bits per heavy atom. The maximum atomic E-state index is 5.41. The summed E-state index contributed by atoms with van der Waals surface area (Å²) in [5, 5.41) is 9.66. The molecule has 18 aromatic rings. The predicted octanol–water partition coefficient (Wildman–Crippen LogP) is 20.6. The van der Waals surface area contributed by atoms with Crippen molar-refractivity contribution in [1.29, 1.82) is 0 Å². The van der Waals surface area contributed by atoms with Crippen molar-refractivity contribution in [3.8, 4) is 79.2 Å². The van der Waals surface area contributed by atoms with E-state index in [1.54, 1.807) is 0 Å². The fourth-order valence-corrected chi connectivity index (χ4v) is 13.9. The van der Waals surface area contributed by atoms with Gasteiger partial charge in [-0.15, -0.1) is 0 Å². The average Bonchev–Trinajstić information content (AvgIpc) is 1.58. The van der Waals surface area contributed by atoms with Crippen LogP contribution in [0.1, 0.15) is 0 Å². The molecule has 13 aromatic carbocycles. The fourth-order valence-electron chi connectivity index (χ4n) is 13.9. The highest BCUT2D eigenvalue weighted by atomic mass is 15.0.